The number of carbonyl (C=O) groups excluding carboxylic acids is 1. The van der Waals surface area contributed by atoms with Crippen LogP contribution < -0.4 is 0 Å². The SMILES string of the molecule is O=C(c1ccnc(Cl)c1F)N1CCCCC1. The van der Waals surface area contributed by atoms with Crippen molar-refractivity contribution in [3.8, 4) is 0 Å². The molecule has 0 saturated carbocycles. The molecule has 86 valence electrons. The van der Waals surface area contributed by atoms with Gasteiger partial charge in [0.25, 0.3) is 5.91 Å². The molecule has 1 aliphatic rings. The number of piperidine rings is 1. The van der Waals surface area contributed by atoms with Crippen molar-refractivity contribution in [2.24, 2.45) is 0 Å². The Morgan fingerprint density at radius 3 is 2.75 bits per heavy atom. The highest BCUT2D eigenvalue weighted by molar-refractivity contribution is 6.29. The summed E-state index contributed by atoms with van der Waals surface area (Å²) in [5.74, 6) is -1.01. The van der Waals surface area contributed by atoms with Gasteiger partial charge in [-0.1, -0.05) is 11.6 Å². The number of halogens is 2. The third-order valence-electron chi connectivity index (χ3n) is 2.72. The average Bonchev–Trinajstić information content (AvgIpc) is 2.33. The number of nitrogens with zero attached hydrogens (tertiary/aromatic N) is 2. The molecule has 0 atom stereocenters. The molecular weight excluding hydrogens is 231 g/mol. The van der Waals surface area contributed by atoms with Gasteiger partial charge in [0.15, 0.2) is 11.0 Å². The van der Waals surface area contributed by atoms with Crippen molar-refractivity contribution in [3.05, 3.63) is 28.8 Å². The van der Waals surface area contributed by atoms with Gasteiger partial charge in [-0.15, -0.1) is 0 Å². The zero-order valence-electron chi connectivity index (χ0n) is 8.75. The summed E-state index contributed by atoms with van der Waals surface area (Å²) in [7, 11) is 0. The summed E-state index contributed by atoms with van der Waals surface area (Å²) < 4.78 is 13.6. The lowest BCUT2D eigenvalue weighted by atomic mass is 10.1. The maximum atomic E-state index is 13.6. The number of hydrogen-bond donors (Lipinski definition) is 0. The van der Waals surface area contributed by atoms with Gasteiger partial charge in [-0.05, 0) is 25.3 Å². The molecule has 5 heteroatoms. The van der Waals surface area contributed by atoms with Crippen LogP contribution in [0.1, 0.15) is 29.6 Å². The Balaban J connectivity index is 2.22. The standard InChI is InChI=1S/C11H12ClFN2O/c12-10-9(13)8(4-5-14-10)11(16)15-6-2-1-3-7-15/h4-5H,1-3,6-7H2. The Bertz CT molecular complexity index is 405. The van der Waals surface area contributed by atoms with Crippen LogP contribution in [0.5, 0.6) is 0 Å². The second-order valence-electron chi connectivity index (χ2n) is 3.82. The smallest absolute Gasteiger partial charge is 0.257 e. The maximum Gasteiger partial charge on any atom is 0.257 e. The van der Waals surface area contributed by atoms with E-state index in [1.54, 1.807) is 4.90 Å². The predicted molar refractivity (Wildman–Crippen MR) is 59.0 cm³/mol. The van der Waals surface area contributed by atoms with E-state index in [1.165, 1.54) is 12.3 Å². The van der Waals surface area contributed by atoms with E-state index in [2.05, 4.69) is 4.98 Å². The summed E-state index contributed by atoms with van der Waals surface area (Å²) in [6.07, 6.45) is 4.43. The van der Waals surface area contributed by atoms with E-state index in [-0.39, 0.29) is 16.6 Å². The van der Waals surface area contributed by atoms with Gasteiger partial charge in [-0.25, -0.2) is 9.37 Å². The highest BCUT2D eigenvalue weighted by Crippen LogP contribution is 2.18. The number of rotatable bonds is 1. The lowest BCUT2D eigenvalue weighted by molar-refractivity contribution is 0.0719. The lowest BCUT2D eigenvalue weighted by Crippen LogP contribution is -2.36. The normalized spacial score (nSPS) is 16.2. The highest BCUT2D eigenvalue weighted by atomic mass is 35.5. The quantitative estimate of drug-likeness (QED) is 0.709. The molecule has 0 bridgehead atoms. The zero-order valence-corrected chi connectivity index (χ0v) is 9.50. The third kappa shape index (κ3) is 2.16. The zero-order chi connectivity index (χ0) is 11.5. The molecule has 0 unspecified atom stereocenters. The first kappa shape index (κ1) is 11.3. The van der Waals surface area contributed by atoms with Gasteiger partial charge in [0.2, 0.25) is 0 Å². The second kappa shape index (κ2) is 4.78. The van der Waals surface area contributed by atoms with Gasteiger partial charge in [-0.3, -0.25) is 4.79 Å². The molecule has 1 aromatic rings. The highest BCUT2D eigenvalue weighted by Gasteiger charge is 2.22. The van der Waals surface area contributed by atoms with Crippen LogP contribution in [-0.4, -0.2) is 28.9 Å². The molecule has 1 aliphatic heterocycles. The first-order chi connectivity index (χ1) is 7.70. The summed E-state index contributed by atoms with van der Waals surface area (Å²) >= 11 is 5.54. The van der Waals surface area contributed by atoms with Crippen molar-refractivity contribution in [3.63, 3.8) is 0 Å². The Labute approximate surface area is 98.2 Å². The van der Waals surface area contributed by atoms with Crippen molar-refractivity contribution in [1.29, 1.82) is 0 Å². The Kier molecular flexibility index (Phi) is 3.39. The Morgan fingerprint density at radius 1 is 1.38 bits per heavy atom. The van der Waals surface area contributed by atoms with Crippen LogP contribution in [0.4, 0.5) is 4.39 Å². The molecule has 1 aromatic heterocycles. The summed E-state index contributed by atoms with van der Waals surface area (Å²) in [5, 5.41) is -0.247. The van der Waals surface area contributed by atoms with E-state index in [0.717, 1.165) is 19.3 Å². The largest absolute Gasteiger partial charge is 0.339 e. The molecule has 0 N–H and O–H groups in total. The fourth-order valence-electron chi connectivity index (χ4n) is 1.85. The molecule has 0 radical (unpaired) electrons. The van der Waals surface area contributed by atoms with Crippen LogP contribution in [0.15, 0.2) is 12.3 Å². The third-order valence-corrected chi connectivity index (χ3v) is 2.98. The van der Waals surface area contributed by atoms with Crippen molar-refractivity contribution in [2.75, 3.05) is 13.1 Å². The van der Waals surface area contributed by atoms with Crippen LogP contribution in [0.2, 0.25) is 5.15 Å². The van der Waals surface area contributed by atoms with Crippen molar-refractivity contribution < 1.29 is 9.18 Å². The van der Waals surface area contributed by atoms with E-state index < -0.39 is 5.82 Å². The van der Waals surface area contributed by atoms with E-state index in [1.807, 2.05) is 0 Å². The monoisotopic (exact) mass is 242 g/mol. The van der Waals surface area contributed by atoms with E-state index in [0.29, 0.717) is 13.1 Å². The minimum absolute atomic E-state index is 0.0156. The first-order valence-corrected chi connectivity index (χ1v) is 5.67. The van der Waals surface area contributed by atoms with Gasteiger partial charge in [0.05, 0.1) is 5.56 Å². The van der Waals surface area contributed by atoms with Gasteiger partial charge < -0.3 is 4.90 Å². The number of carbonyl (C=O) groups is 1. The van der Waals surface area contributed by atoms with E-state index in [9.17, 15) is 9.18 Å². The number of amides is 1. The van der Waals surface area contributed by atoms with Crippen LogP contribution >= 0.6 is 11.6 Å². The molecule has 0 aromatic carbocycles. The van der Waals surface area contributed by atoms with Gasteiger partial charge in [0, 0.05) is 19.3 Å². The fraction of sp³-hybridized carbons (Fsp3) is 0.455. The summed E-state index contributed by atoms with van der Waals surface area (Å²) in [6.45, 7) is 1.39. The number of aromatic nitrogens is 1. The molecule has 2 rings (SSSR count). The molecule has 0 spiro atoms. The topological polar surface area (TPSA) is 33.2 Å². The summed E-state index contributed by atoms with van der Waals surface area (Å²) in [4.78, 5) is 17.2. The number of hydrogen-bond acceptors (Lipinski definition) is 2. The molecular formula is C11H12ClFN2O. The first-order valence-electron chi connectivity index (χ1n) is 5.29. The second-order valence-corrected chi connectivity index (χ2v) is 4.17. The summed E-state index contributed by atoms with van der Waals surface area (Å²) in [5.41, 5.74) is 0.0156. The summed E-state index contributed by atoms with van der Waals surface area (Å²) in [6, 6.07) is 1.37. The molecule has 0 aliphatic carbocycles. The Morgan fingerprint density at radius 2 is 2.06 bits per heavy atom. The van der Waals surface area contributed by atoms with Crippen molar-refractivity contribution in [2.45, 2.75) is 19.3 Å². The molecule has 3 nitrogen and oxygen atoms in total. The van der Waals surface area contributed by atoms with Crippen LogP contribution in [0, 0.1) is 5.82 Å². The Hall–Kier alpha value is -1.16. The van der Waals surface area contributed by atoms with Crippen molar-refractivity contribution in [1.82, 2.24) is 9.88 Å². The minimum atomic E-state index is -0.722. The molecule has 2 heterocycles. The number of likely N-dealkylation sites (tertiary alicyclic amines) is 1. The fourth-order valence-corrected chi connectivity index (χ4v) is 2.01. The average molecular weight is 243 g/mol. The lowest BCUT2D eigenvalue weighted by Gasteiger charge is -2.26. The van der Waals surface area contributed by atoms with Crippen LogP contribution in [0.3, 0.4) is 0 Å². The maximum absolute atomic E-state index is 13.6. The molecule has 1 fully saturated rings. The minimum Gasteiger partial charge on any atom is -0.339 e. The van der Waals surface area contributed by atoms with Gasteiger partial charge in [-0.2, -0.15) is 0 Å². The molecule has 1 amide bonds. The van der Waals surface area contributed by atoms with Crippen LogP contribution in [0.25, 0.3) is 0 Å². The van der Waals surface area contributed by atoms with Gasteiger partial charge >= 0.3 is 0 Å². The molecule has 16 heavy (non-hydrogen) atoms. The predicted octanol–water partition coefficient (Wildman–Crippen LogP) is 2.50. The van der Waals surface area contributed by atoms with Gasteiger partial charge in [0.1, 0.15) is 0 Å². The number of pyridine rings is 1. The van der Waals surface area contributed by atoms with E-state index in [4.69, 9.17) is 11.6 Å². The van der Waals surface area contributed by atoms with E-state index >= 15 is 0 Å². The van der Waals surface area contributed by atoms with Crippen molar-refractivity contribution >= 4 is 17.5 Å². The molecule has 1 saturated heterocycles. The van der Waals surface area contributed by atoms with Crippen LogP contribution in [-0.2, 0) is 0 Å².